The van der Waals surface area contributed by atoms with Crippen LogP contribution in [0.5, 0.6) is 11.5 Å². The number of phenols is 1. The number of nitrogens with one attached hydrogen (secondary N) is 1. The van der Waals surface area contributed by atoms with Gasteiger partial charge in [0.25, 0.3) is 5.91 Å². The molecule has 1 aromatic heterocycles. The van der Waals surface area contributed by atoms with Crippen LogP contribution < -0.4 is 10.1 Å². The van der Waals surface area contributed by atoms with Crippen LogP contribution >= 0.6 is 0 Å². The number of nitrogens with zero attached hydrogens (tertiary/aromatic N) is 1. The van der Waals surface area contributed by atoms with Gasteiger partial charge in [-0.2, -0.15) is 0 Å². The number of aromatic carboxylic acids is 1. The summed E-state index contributed by atoms with van der Waals surface area (Å²) in [6, 6.07) is 12.2. The van der Waals surface area contributed by atoms with E-state index in [9.17, 15) is 19.8 Å². The van der Waals surface area contributed by atoms with Gasteiger partial charge in [-0.3, -0.25) is 4.79 Å². The molecule has 0 spiro atoms. The number of hydrogen-bond donors (Lipinski definition) is 3. The number of phenolic OH excluding ortho intramolecular Hbond substituents is 1. The number of fused-ring (bicyclic) bond motifs is 1. The Hall–Kier alpha value is -3.61. The summed E-state index contributed by atoms with van der Waals surface area (Å²) < 4.78 is 5.05. The van der Waals surface area contributed by atoms with E-state index in [0.29, 0.717) is 11.4 Å². The van der Waals surface area contributed by atoms with Gasteiger partial charge in [-0.1, -0.05) is 0 Å². The number of aromatic nitrogens is 1. The minimum absolute atomic E-state index is 0.00223. The lowest BCUT2D eigenvalue weighted by Gasteiger charge is -2.08. The number of methoxy groups -OCH3 is 1. The molecule has 1 heterocycles. The Bertz CT molecular complexity index is 967. The molecule has 0 aliphatic heterocycles. The average Bonchev–Trinajstić information content (AvgIpc) is 2.62. The van der Waals surface area contributed by atoms with Crippen LogP contribution in [0.15, 0.2) is 48.5 Å². The summed E-state index contributed by atoms with van der Waals surface area (Å²) in [4.78, 5) is 27.7. The van der Waals surface area contributed by atoms with E-state index in [0.717, 1.165) is 0 Å². The molecule has 1 amide bonds. The van der Waals surface area contributed by atoms with Crippen molar-refractivity contribution >= 4 is 28.5 Å². The summed E-state index contributed by atoms with van der Waals surface area (Å²) in [5.74, 6) is -1.15. The first kappa shape index (κ1) is 16.3. The highest BCUT2D eigenvalue weighted by Gasteiger charge is 2.15. The summed E-state index contributed by atoms with van der Waals surface area (Å²) in [5.41, 5.74) is 0.669. The van der Waals surface area contributed by atoms with E-state index in [2.05, 4.69) is 10.3 Å². The van der Waals surface area contributed by atoms with E-state index in [1.54, 1.807) is 31.4 Å². The quantitative estimate of drug-likeness (QED) is 0.675. The molecular weight excluding hydrogens is 324 g/mol. The Morgan fingerprint density at radius 3 is 2.40 bits per heavy atom. The number of anilines is 1. The molecule has 0 atom stereocenters. The number of carbonyl (C=O) groups is 2. The normalized spacial score (nSPS) is 10.4. The maximum absolute atomic E-state index is 12.3. The lowest BCUT2D eigenvalue weighted by Crippen LogP contribution is -2.13. The zero-order valence-electron chi connectivity index (χ0n) is 13.2. The second-order valence-corrected chi connectivity index (χ2v) is 5.21. The van der Waals surface area contributed by atoms with Crippen molar-refractivity contribution in [2.45, 2.75) is 0 Å². The van der Waals surface area contributed by atoms with E-state index in [1.807, 2.05) is 0 Å². The topological polar surface area (TPSA) is 109 Å². The van der Waals surface area contributed by atoms with Crippen LogP contribution in [0, 0.1) is 0 Å². The molecule has 25 heavy (non-hydrogen) atoms. The van der Waals surface area contributed by atoms with Crippen molar-refractivity contribution in [3.8, 4) is 11.5 Å². The zero-order chi connectivity index (χ0) is 18.0. The van der Waals surface area contributed by atoms with Gasteiger partial charge in [0, 0.05) is 11.1 Å². The number of ether oxygens (including phenoxy) is 1. The molecule has 126 valence electrons. The highest BCUT2D eigenvalue weighted by Crippen LogP contribution is 2.26. The van der Waals surface area contributed by atoms with E-state index in [1.165, 1.54) is 24.3 Å². The Kier molecular flexibility index (Phi) is 4.21. The Morgan fingerprint density at radius 2 is 1.76 bits per heavy atom. The van der Waals surface area contributed by atoms with Crippen LogP contribution in [0.1, 0.15) is 20.8 Å². The minimum atomic E-state index is -1.14. The average molecular weight is 338 g/mol. The molecule has 0 bridgehead atoms. The van der Waals surface area contributed by atoms with E-state index >= 15 is 0 Å². The summed E-state index contributed by atoms with van der Waals surface area (Å²) in [6.45, 7) is 0. The molecule has 3 N–H and O–H groups in total. The number of carbonyl (C=O) groups excluding carboxylic acids is 1. The molecule has 3 aromatic rings. The summed E-state index contributed by atoms with van der Waals surface area (Å²) >= 11 is 0. The molecule has 0 aliphatic rings. The van der Waals surface area contributed by atoms with Crippen molar-refractivity contribution in [1.82, 2.24) is 4.98 Å². The van der Waals surface area contributed by atoms with Crippen LogP contribution in [0.3, 0.4) is 0 Å². The third-order valence-electron chi connectivity index (χ3n) is 3.65. The van der Waals surface area contributed by atoms with Crippen molar-refractivity contribution in [3.63, 3.8) is 0 Å². The van der Waals surface area contributed by atoms with Gasteiger partial charge in [-0.25, -0.2) is 9.78 Å². The third-order valence-corrected chi connectivity index (χ3v) is 3.65. The van der Waals surface area contributed by atoms with Gasteiger partial charge in [0.2, 0.25) is 0 Å². The predicted molar refractivity (Wildman–Crippen MR) is 91.3 cm³/mol. The number of rotatable bonds is 4. The molecule has 7 heteroatoms. The number of benzene rings is 2. The molecule has 0 saturated heterocycles. The molecular formula is C18H14N2O5. The number of carboxylic acids is 1. The standard InChI is InChI=1S/C18H14N2O5/c1-25-11-4-2-10(3-5-11)19-17(22)14-8-6-12-13(18(23)24)7-9-15(21)16(12)20-14/h2-9,21H,1H3,(H,19,22)(H,23,24). The first-order valence-corrected chi connectivity index (χ1v) is 7.31. The van der Waals surface area contributed by atoms with Gasteiger partial charge < -0.3 is 20.3 Å². The van der Waals surface area contributed by atoms with Crippen molar-refractivity contribution in [3.05, 3.63) is 59.8 Å². The highest BCUT2D eigenvalue weighted by molar-refractivity contribution is 6.07. The maximum Gasteiger partial charge on any atom is 0.336 e. The molecule has 3 rings (SSSR count). The Morgan fingerprint density at radius 1 is 1.04 bits per heavy atom. The molecule has 0 unspecified atom stereocenters. The van der Waals surface area contributed by atoms with Gasteiger partial charge in [0.1, 0.15) is 22.7 Å². The van der Waals surface area contributed by atoms with Crippen LogP contribution in [-0.2, 0) is 0 Å². The fraction of sp³-hybridized carbons (Fsp3) is 0.0556. The first-order valence-electron chi connectivity index (χ1n) is 7.31. The van der Waals surface area contributed by atoms with E-state index < -0.39 is 11.9 Å². The van der Waals surface area contributed by atoms with Crippen molar-refractivity contribution in [2.24, 2.45) is 0 Å². The van der Waals surface area contributed by atoms with Crippen molar-refractivity contribution < 1.29 is 24.5 Å². The van der Waals surface area contributed by atoms with Gasteiger partial charge in [-0.05, 0) is 48.5 Å². The molecule has 0 radical (unpaired) electrons. The SMILES string of the molecule is COc1ccc(NC(=O)c2ccc3c(C(=O)O)ccc(O)c3n2)cc1. The minimum Gasteiger partial charge on any atom is -0.506 e. The monoisotopic (exact) mass is 338 g/mol. The van der Waals surface area contributed by atoms with E-state index in [-0.39, 0.29) is 27.9 Å². The first-order chi connectivity index (χ1) is 12.0. The van der Waals surface area contributed by atoms with Gasteiger partial charge in [0.15, 0.2) is 0 Å². The Balaban J connectivity index is 1.94. The van der Waals surface area contributed by atoms with Gasteiger partial charge >= 0.3 is 5.97 Å². The summed E-state index contributed by atoms with van der Waals surface area (Å²) in [5, 5.41) is 22.1. The lowest BCUT2D eigenvalue weighted by molar-refractivity contribution is 0.0699. The van der Waals surface area contributed by atoms with Crippen LogP contribution in [-0.4, -0.2) is 34.2 Å². The molecule has 0 aliphatic carbocycles. The van der Waals surface area contributed by atoms with Gasteiger partial charge in [-0.15, -0.1) is 0 Å². The molecule has 0 fully saturated rings. The molecule has 2 aromatic carbocycles. The summed E-state index contributed by atoms with van der Waals surface area (Å²) in [7, 11) is 1.55. The van der Waals surface area contributed by atoms with Crippen LogP contribution in [0.2, 0.25) is 0 Å². The highest BCUT2D eigenvalue weighted by atomic mass is 16.5. The smallest absolute Gasteiger partial charge is 0.336 e. The number of carboxylic acid groups (broad SMARTS) is 1. The van der Waals surface area contributed by atoms with Crippen LogP contribution in [0.25, 0.3) is 10.9 Å². The number of hydrogen-bond acceptors (Lipinski definition) is 5. The molecule has 7 nitrogen and oxygen atoms in total. The van der Waals surface area contributed by atoms with Gasteiger partial charge in [0.05, 0.1) is 12.7 Å². The summed E-state index contributed by atoms with van der Waals surface area (Å²) in [6.07, 6.45) is 0. The number of pyridine rings is 1. The molecule has 0 saturated carbocycles. The predicted octanol–water partition coefficient (Wildman–Crippen LogP) is 2.90. The fourth-order valence-electron chi connectivity index (χ4n) is 2.39. The second kappa shape index (κ2) is 6.48. The second-order valence-electron chi connectivity index (χ2n) is 5.21. The lowest BCUT2D eigenvalue weighted by atomic mass is 10.1. The zero-order valence-corrected chi connectivity index (χ0v) is 13.2. The number of amides is 1. The fourth-order valence-corrected chi connectivity index (χ4v) is 2.39. The van der Waals surface area contributed by atoms with Crippen molar-refractivity contribution in [1.29, 1.82) is 0 Å². The third kappa shape index (κ3) is 3.20. The largest absolute Gasteiger partial charge is 0.506 e. The number of aromatic hydroxyl groups is 1. The Labute approximate surface area is 142 Å². The van der Waals surface area contributed by atoms with Crippen molar-refractivity contribution in [2.75, 3.05) is 12.4 Å². The van der Waals surface area contributed by atoms with E-state index in [4.69, 9.17) is 4.74 Å². The van der Waals surface area contributed by atoms with Crippen LogP contribution in [0.4, 0.5) is 5.69 Å². The maximum atomic E-state index is 12.3.